The molecule has 28 heavy (non-hydrogen) atoms. The van der Waals surface area contributed by atoms with Gasteiger partial charge in [0.2, 0.25) is 0 Å². The molecule has 1 aromatic carbocycles. The van der Waals surface area contributed by atoms with Gasteiger partial charge in [-0.3, -0.25) is 9.59 Å². The van der Waals surface area contributed by atoms with Crippen LogP contribution < -0.4 is 10.6 Å². The largest absolute Gasteiger partial charge is 0.313 e. The van der Waals surface area contributed by atoms with Crippen LogP contribution >= 0.6 is 22.9 Å². The van der Waals surface area contributed by atoms with E-state index < -0.39 is 11.7 Å². The van der Waals surface area contributed by atoms with Gasteiger partial charge in [-0.1, -0.05) is 18.5 Å². The van der Waals surface area contributed by atoms with Crippen LogP contribution in [0.15, 0.2) is 36.5 Å². The first kappa shape index (κ1) is 20.0. The minimum Gasteiger partial charge on any atom is -0.313 e. The quantitative estimate of drug-likeness (QED) is 0.591. The number of anilines is 2. The van der Waals surface area contributed by atoms with Crippen LogP contribution in [-0.4, -0.2) is 21.6 Å². The fraction of sp³-hybridized carbons (Fsp3) is 0.211. The first-order chi connectivity index (χ1) is 13.4. The number of carbonyl (C=O) groups excluding carboxylic acids is 2. The molecule has 0 fully saturated rings. The van der Waals surface area contributed by atoms with E-state index in [1.807, 2.05) is 6.92 Å². The van der Waals surface area contributed by atoms with Crippen molar-refractivity contribution in [2.45, 2.75) is 26.8 Å². The smallest absolute Gasteiger partial charge is 0.267 e. The zero-order chi connectivity index (χ0) is 20.3. The van der Waals surface area contributed by atoms with Crippen LogP contribution in [0.5, 0.6) is 0 Å². The minimum atomic E-state index is -0.519. The molecule has 3 aromatic rings. The third-order valence-corrected chi connectivity index (χ3v) is 5.39. The van der Waals surface area contributed by atoms with Crippen LogP contribution in [0.4, 0.5) is 15.2 Å². The van der Waals surface area contributed by atoms with E-state index in [-0.39, 0.29) is 16.5 Å². The lowest BCUT2D eigenvalue weighted by molar-refractivity contribution is 0.101. The Hall–Kier alpha value is -2.71. The number of nitrogens with one attached hydrogen (secondary N) is 2. The first-order valence-electron chi connectivity index (χ1n) is 8.59. The highest BCUT2D eigenvalue weighted by Gasteiger charge is 2.18. The maximum atomic E-state index is 13.2. The maximum Gasteiger partial charge on any atom is 0.267 e. The van der Waals surface area contributed by atoms with Crippen LogP contribution in [0.25, 0.3) is 0 Å². The molecular formula is C19H18ClFN4O2S. The van der Waals surface area contributed by atoms with Crippen molar-refractivity contribution in [3.8, 4) is 0 Å². The van der Waals surface area contributed by atoms with E-state index in [0.717, 1.165) is 29.4 Å². The van der Waals surface area contributed by atoms with E-state index in [9.17, 15) is 14.0 Å². The van der Waals surface area contributed by atoms with Crippen molar-refractivity contribution in [3.63, 3.8) is 0 Å². The van der Waals surface area contributed by atoms with Crippen molar-refractivity contribution in [3.05, 3.63) is 63.4 Å². The van der Waals surface area contributed by atoms with Crippen LogP contribution in [0.1, 0.15) is 38.9 Å². The number of carbonyl (C=O) groups is 2. The Bertz CT molecular complexity index is 1030. The summed E-state index contributed by atoms with van der Waals surface area (Å²) in [6.07, 6.45) is 2.52. The van der Waals surface area contributed by atoms with E-state index in [0.29, 0.717) is 22.2 Å². The Balaban J connectivity index is 1.74. The Morgan fingerprint density at radius 1 is 1.21 bits per heavy atom. The van der Waals surface area contributed by atoms with Gasteiger partial charge in [-0.05, 0) is 43.2 Å². The highest BCUT2D eigenvalue weighted by Crippen LogP contribution is 2.29. The van der Waals surface area contributed by atoms with Crippen molar-refractivity contribution in [1.29, 1.82) is 0 Å². The SMILES string of the molecule is CCCn1nccc1NC(=O)c1sc(NC(=O)c2ccc(F)cc2Cl)cc1C. The zero-order valence-corrected chi connectivity index (χ0v) is 16.8. The molecule has 0 saturated heterocycles. The average Bonchev–Trinajstić information content (AvgIpc) is 3.21. The standard InChI is InChI=1S/C19H18ClFN4O2S/c1-3-8-25-15(6-7-22-25)23-19(27)17-11(2)9-16(28-17)24-18(26)13-5-4-12(21)10-14(13)20/h4-7,9-10H,3,8H2,1-2H3,(H,23,27)(H,24,26). The molecule has 0 bridgehead atoms. The molecule has 0 unspecified atom stereocenters. The first-order valence-corrected chi connectivity index (χ1v) is 9.78. The van der Waals surface area contributed by atoms with Gasteiger partial charge in [-0.15, -0.1) is 11.3 Å². The number of aromatic nitrogens is 2. The van der Waals surface area contributed by atoms with Crippen molar-refractivity contribution < 1.29 is 14.0 Å². The van der Waals surface area contributed by atoms with Gasteiger partial charge in [0.1, 0.15) is 11.6 Å². The van der Waals surface area contributed by atoms with Crippen LogP contribution in [0.3, 0.4) is 0 Å². The molecule has 0 aliphatic rings. The van der Waals surface area contributed by atoms with Gasteiger partial charge in [-0.25, -0.2) is 9.07 Å². The number of rotatable bonds is 6. The minimum absolute atomic E-state index is 0.0212. The third-order valence-electron chi connectivity index (χ3n) is 3.93. The van der Waals surface area contributed by atoms with Gasteiger partial charge in [0.15, 0.2) is 0 Å². The topological polar surface area (TPSA) is 76.0 Å². The molecule has 2 aromatic heterocycles. The Kier molecular flexibility index (Phi) is 6.11. The molecule has 2 amide bonds. The summed E-state index contributed by atoms with van der Waals surface area (Å²) in [5.74, 6) is -0.655. The number of hydrogen-bond acceptors (Lipinski definition) is 4. The van der Waals surface area contributed by atoms with E-state index in [1.54, 1.807) is 29.9 Å². The highest BCUT2D eigenvalue weighted by molar-refractivity contribution is 7.18. The number of thiophene rings is 1. The Labute approximate surface area is 170 Å². The van der Waals surface area contributed by atoms with E-state index in [2.05, 4.69) is 15.7 Å². The molecule has 0 atom stereocenters. The molecule has 0 aliphatic carbocycles. The summed E-state index contributed by atoms with van der Waals surface area (Å²) >= 11 is 7.08. The van der Waals surface area contributed by atoms with Gasteiger partial charge < -0.3 is 10.6 Å². The number of hydrogen-bond donors (Lipinski definition) is 2. The van der Waals surface area contributed by atoms with Crippen molar-refractivity contribution in [2.75, 3.05) is 10.6 Å². The lowest BCUT2D eigenvalue weighted by Crippen LogP contribution is -2.15. The van der Waals surface area contributed by atoms with Gasteiger partial charge >= 0.3 is 0 Å². The average molecular weight is 421 g/mol. The van der Waals surface area contributed by atoms with Crippen LogP contribution in [0, 0.1) is 12.7 Å². The normalized spacial score (nSPS) is 10.7. The predicted molar refractivity (Wildman–Crippen MR) is 109 cm³/mol. The van der Waals surface area contributed by atoms with Gasteiger partial charge in [0.25, 0.3) is 11.8 Å². The molecule has 0 spiro atoms. The molecule has 0 aliphatic heterocycles. The molecule has 0 radical (unpaired) electrons. The summed E-state index contributed by atoms with van der Waals surface area (Å²) in [5, 5.41) is 10.2. The zero-order valence-electron chi connectivity index (χ0n) is 15.3. The monoisotopic (exact) mass is 420 g/mol. The van der Waals surface area contributed by atoms with Crippen molar-refractivity contribution in [1.82, 2.24) is 9.78 Å². The number of amides is 2. The second-order valence-corrected chi connectivity index (χ2v) is 7.55. The lowest BCUT2D eigenvalue weighted by atomic mass is 10.2. The second-order valence-electron chi connectivity index (χ2n) is 6.09. The maximum absolute atomic E-state index is 13.2. The predicted octanol–water partition coefficient (Wildman–Crippen LogP) is 4.96. The van der Waals surface area contributed by atoms with Crippen molar-refractivity contribution >= 4 is 45.6 Å². The second kappa shape index (κ2) is 8.53. The summed E-state index contributed by atoms with van der Waals surface area (Å²) in [6.45, 7) is 4.51. The van der Waals surface area contributed by atoms with E-state index >= 15 is 0 Å². The number of aryl methyl sites for hydroxylation is 2. The van der Waals surface area contributed by atoms with Crippen molar-refractivity contribution in [2.24, 2.45) is 0 Å². The Morgan fingerprint density at radius 3 is 2.71 bits per heavy atom. The van der Waals surface area contributed by atoms with Gasteiger partial charge in [-0.2, -0.15) is 5.10 Å². The summed E-state index contributed by atoms with van der Waals surface area (Å²) in [7, 11) is 0. The lowest BCUT2D eigenvalue weighted by Gasteiger charge is -2.07. The third kappa shape index (κ3) is 4.40. The fourth-order valence-corrected chi connectivity index (χ4v) is 3.84. The molecule has 3 rings (SSSR count). The summed E-state index contributed by atoms with van der Waals surface area (Å²) in [6, 6.07) is 7.00. The Morgan fingerprint density at radius 2 is 2.00 bits per heavy atom. The number of benzene rings is 1. The highest BCUT2D eigenvalue weighted by atomic mass is 35.5. The fourth-order valence-electron chi connectivity index (χ4n) is 2.62. The molecule has 146 valence electrons. The molecule has 2 N–H and O–H groups in total. The molecule has 6 nitrogen and oxygen atoms in total. The van der Waals surface area contributed by atoms with Crippen LogP contribution in [-0.2, 0) is 6.54 Å². The van der Waals surface area contributed by atoms with E-state index in [4.69, 9.17) is 11.6 Å². The molecular weight excluding hydrogens is 403 g/mol. The molecule has 2 heterocycles. The van der Waals surface area contributed by atoms with Crippen LogP contribution in [0.2, 0.25) is 5.02 Å². The van der Waals surface area contributed by atoms with Gasteiger partial charge in [0, 0.05) is 12.6 Å². The number of nitrogens with zero attached hydrogens (tertiary/aromatic N) is 2. The van der Waals surface area contributed by atoms with E-state index in [1.165, 1.54) is 12.1 Å². The molecule has 9 heteroatoms. The number of halogens is 2. The summed E-state index contributed by atoms with van der Waals surface area (Å²) < 4.78 is 14.9. The molecule has 0 saturated carbocycles. The summed E-state index contributed by atoms with van der Waals surface area (Å²) in [4.78, 5) is 25.5. The van der Waals surface area contributed by atoms with Gasteiger partial charge in [0.05, 0.1) is 26.7 Å². The summed E-state index contributed by atoms with van der Waals surface area (Å²) in [5.41, 5.74) is 0.883.